The van der Waals surface area contributed by atoms with Crippen LogP contribution >= 0.6 is 0 Å². The summed E-state index contributed by atoms with van der Waals surface area (Å²) < 4.78 is 26.9. The van der Waals surface area contributed by atoms with Crippen molar-refractivity contribution >= 4 is 28.1 Å². The number of rotatable bonds is 4. The number of carbonyl (C=O) groups is 1. The van der Waals surface area contributed by atoms with Gasteiger partial charge in [-0.1, -0.05) is 30.4 Å². The first-order valence-electron chi connectivity index (χ1n) is 6.53. The van der Waals surface area contributed by atoms with E-state index in [0.717, 1.165) is 5.56 Å². The van der Waals surface area contributed by atoms with Crippen LogP contribution in [0, 0.1) is 0 Å². The number of phenols is 1. The molecule has 0 radical (unpaired) electrons. The SMILES string of the molecule is COC(=O)c1cc(C=Cc2ccc(S(N)(=O)=O)cc2)ccc1O. The number of sulfonamides is 1. The Hall–Kier alpha value is -2.64. The maximum atomic E-state index is 11.5. The lowest BCUT2D eigenvalue weighted by molar-refractivity contribution is 0.0597. The highest BCUT2D eigenvalue weighted by atomic mass is 32.2. The topological polar surface area (TPSA) is 107 Å². The fourth-order valence-electron chi connectivity index (χ4n) is 1.89. The molecule has 0 heterocycles. The normalized spacial score (nSPS) is 11.6. The number of benzene rings is 2. The van der Waals surface area contributed by atoms with E-state index >= 15 is 0 Å². The van der Waals surface area contributed by atoms with Crippen LogP contribution in [0.15, 0.2) is 47.4 Å². The predicted molar refractivity (Wildman–Crippen MR) is 86.2 cm³/mol. The molecule has 0 aliphatic rings. The minimum atomic E-state index is -3.71. The third-order valence-electron chi connectivity index (χ3n) is 3.10. The zero-order chi connectivity index (χ0) is 17.0. The Balaban J connectivity index is 2.25. The number of primary sulfonamides is 1. The van der Waals surface area contributed by atoms with Gasteiger partial charge in [-0.15, -0.1) is 0 Å². The van der Waals surface area contributed by atoms with Crippen molar-refractivity contribution in [2.24, 2.45) is 5.14 Å². The maximum absolute atomic E-state index is 11.5. The van der Waals surface area contributed by atoms with Gasteiger partial charge in [0.2, 0.25) is 10.0 Å². The first-order chi connectivity index (χ1) is 10.8. The van der Waals surface area contributed by atoms with Gasteiger partial charge in [0.15, 0.2) is 0 Å². The molecule has 2 aromatic carbocycles. The molecule has 120 valence electrons. The van der Waals surface area contributed by atoms with E-state index in [-0.39, 0.29) is 16.2 Å². The third kappa shape index (κ3) is 4.18. The van der Waals surface area contributed by atoms with E-state index in [1.54, 1.807) is 30.4 Å². The first kappa shape index (κ1) is 16.7. The predicted octanol–water partition coefficient (Wildman–Crippen LogP) is 2.00. The Bertz CT molecular complexity index is 855. The molecule has 23 heavy (non-hydrogen) atoms. The average molecular weight is 333 g/mol. The second-order valence-electron chi connectivity index (χ2n) is 4.72. The molecule has 0 aliphatic carbocycles. The number of aromatic hydroxyl groups is 1. The zero-order valence-electron chi connectivity index (χ0n) is 12.3. The van der Waals surface area contributed by atoms with E-state index in [1.165, 1.54) is 31.4 Å². The number of methoxy groups -OCH3 is 1. The summed E-state index contributed by atoms with van der Waals surface area (Å²) in [6, 6.07) is 10.6. The van der Waals surface area contributed by atoms with E-state index < -0.39 is 16.0 Å². The van der Waals surface area contributed by atoms with Crippen molar-refractivity contribution in [1.82, 2.24) is 0 Å². The summed E-state index contributed by atoms with van der Waals surface area (Å²) in [6.07, 6.45) is 3.46. The lowest BCUT2D eigenvalue weighted by atomic mass is 10.1. The molecule has 2 rings (SSSR count). The van der Waals surface area contributed by atoms with Gasteiger partial charge in [-0.2, -0.15) is 0 Å². The third-order valence-corrected chi connectivity index (χ3v) is 4.03. The van der Waals surface area contributed by atoms with Crippen LogP contribution in [-0.4, -0.2) is 26.6 Å². The van der Waals surface area contributed by atoms with Gasteiger partial charge >= 0.3 is 5.97 Å². The van der Waals surface area contributed by atoms with Gasteiger partial charge in [0, 0.05) is 0 Å². The van der Waals surface area contributed by atoms with Crippen LogP contribution in [-0.2, 0) is 14.8 Å². The van der Waals surface area contributed by atoms with Crippen LogP contribution in [0.25, 0.3) is 12.2 Å². The van der Waals surface area contributed by atoms with Gasteiger partial charge in [0.25, 0.3) is 0 Å². The number of nitrogens with two attached hydrogens (primary N) is 1. The Morgan fingerprint density at radius 2 is 1.65 bits per heavy atom. The first-order valence-corrected chi connectivity index (χ1v) is 8.08. The van der Waals surface area contributed by atoms with Crippen molar-refractivity contribution in [3.8, 4) is 5.75 Å². The van der Waals surface area contributed by atoms with E-state index in [4.69, 9.17) is 5.14 Å². The minimum absolute atomic E-state index is 0.0345. The van der Waals surface area contributed by atoms with Crippen molar-refractivity contribution < 1.29 is 23.1 Å². The molecule has 0 bridgehead atoms. The van der Waals surface area contributed by atoms with E-state index in [2.05, 4.69) is 4.74 Å². The van der Waals surface area contributed by atoms with Crippen molar-refractivity contribution in [3.05, 3.63) is 59.2 Å². The van der Waals surface area contributed by atoms with Gasteiger partial charge in [-0.05, 0) is 35.4 Å². The molecule has 7 heteroatoms. The second-order valence-corrected chi connectivity index (χ2v) is 6.28. The Morgan fingerprint density at radius 3 is 2.22 bits per heavy atom. The van der Waals surface area contributed by atoms with Gasteiger partial charge in [0.05, 0.1) is 12.0 Å². The van der Waals surface area contributed by atoms with Crippen molar-refractivity contribution in [1.29, 1.82) is 0 Å². The van der Waals surface area contributed by atoms with Gasteiger partial charge in [-0.3, -0.25) is 0 Å². The van der Waals surface area contributed by atoms with Crippen LogP contribution in [0.5, 0.6) is 5.75 Å². The summed E-state index contributed by atoms with van der Waals surface area (Å²) in [4.78, 5) is 11.6. The molecule has 0 fully saturated rings. The van der Waals surface area contributed by atoms with Gasteiger partial charge in [-0.25, -0.2) is 18.4 Å². The van der Waals surface area contributed by atoms with Crippen LogP contribution in [0.2, 0.25) is 0 Å². The van der Waals surface area contributed by atoms with E-state index in [1.807, 2.05) is 0 Å². The van der Waals surface area contributed by atoms with Crippen molar-refractivity contribution in [2.75, 3.05) is 7.11 Å². The molecule has 3 N–H and O–H groups in total. The molecule has 0 saturated carbocycles. The standard InChI is InChI=1S/C16H15NO5S/c1-22-16(19)14-10-12(6-9-15(14)18)3-2-11-4-7-13(8-5-11)23(17,20)21/h2-10,18H,1H3,(H2,17,20,21). The fourth-order valence-corrected chi connectivity index (χ4v) is 2.41. The highest BCUT2D eigenvalue weighted by Crippen LogP contribution is 2.21. The number of hydrogen-bond donors (Lipinski definition) is 2. The number of hydrogen-bond acceptors (Lipinski definition) is 5. The average Bonchev–Trinajstić information content (AvgIpc) is 2.53. The molecule has 0 amide bonds. The molecular formula is C16H15NO5S. The van der Waals surface area contributed by atoms with E-state index in [0.29, 0.717) is 5.56 Å². The largest absolute Gasteiger partial charge is 0.507 e. The molecule has 6 nitrogen and oxygen atoms in total. The molecular weight excluding hydrogens is 318 g/mol. The second kappa shape index (κ2) is 6.64. The lowest BCUT2D eigenvalue weighted by Crippen LogP contribution is -2.11. The molecule has 0 aliphatic heterocycles. The molecule has 0 unspecified atom stereocenters. The number of phenolic OH excluding ortho intramolecular Hbond substituents is 1. The Labute approximate surface area is 133 Å². The maximum Gasteiger partial charge on any atom is 0.341 e. The monoisotopic (exact) mass is 333 g/mol. The van der Waals surface area contributed by atoms with Crippen LogP contribution < -0.4 is 5.14 Å². The molecule has 0 spiro atoms. The van der Waals surface area contributed by atoms with Gasteiger partial charge < -0.3 is 9.84 Å². The minimum Gasteiger partial charge on any atom is -0.507 e. The molecule has 0 aromatic heterocycles. The van der Waals surface area contributed by atoms with Gasteiger partial charge in [0.1, 0.15) is 11.3 Å². The smallest absolute Gasteiger partial charge is 0.341 e. The highest BCUT2D eigenvalue weighted by Gasteiger charge is 2.11. The number of carbonyl (C=O) groups excluding carboxylic acids is 1. The molecule has 2 aromatic rings. The van der Waals surface area contributed by atoms with Crippen molar-refractivity contribution in [2.45, 2.75) is 4.90 Å². The summed E-state index contributed by atoms with van der Waals surface area (Å²) in [5, 5.41) is 14.7. The zero-order valence-corrected chi connectivity index (χ0v) is 13.1. The molecule has 0 atom stereocenters. The summed E-state index contributed by atoms with van der Waals surface area (Å²) in [5.74, 6) is -0.790. The Kier molecular flexibility index (Phi) is 4.83. The molecule has 0 saturated heterocycles. The highest BCUT2D eigenvalue weighted by molar-refractivity contribution is 7.89. The summed E-state index contributed by atoms with van der Waals surface area (Å²) in [6.45, 7) is 0. The lowest BCUT2D eigenvalue weighted by Gasteiger charge is -2.03. The summed E-state index contributed by atoms with van der Waals surface area (Å²) in [7, 11) is -2.48. The summed E-state index contributed by atoms with van der Waals surface area (Å²) >= 11 is 0. The number of esters is 1. The summed E-state index contributed by atoms with van der Waals surface area (Å²) in [5.41, 5.74) is 1.50. The van der Waals surface area contributed by atoms with E-state index in [9.17, 15) is 18.3 Å². The number of ether oxygens (including phenoxy) is 1. The van der Waals surface area contributed by atoms with Crippen LogP contribution in [0.4, 0.5) is 0 Å². The Morgan fingerprint density at radius 1 is 1.09 bits per heavy atom. The van der Waals surface area contributed by atoms with Crippen molar-refractivity contribution in [3.63, 3.8) is 0 Å². The fraction of sp³-hybridized carbons (Fsp3) is 0.0625. The quantitative estimate of drug-likeness (QED) is 0.657. The van der Waals surface area contributed by atoms with Crippen LogP contribution in [0.1, 0.15) is 21.5 Å². The van der Waals surface area contributed by atoms with Crippen LogP contribution in [0.3, 0.4) is 0 Å².